The lowest BCUT2D eigenvalue weighted by atomic mass is 9.97. The van der Waals surface area contributed by atoms with E-state index in [4.69, 9.17) is 4.98 Å². The van der Waals surface area contributed by atoms with E-state index in [2.05, 4.69) is 17.6 Å². The molecule has 2 aromatic rings. The van der Waals surface area contributed by atoms with E-state index < -0.39 is 17.2 Å². The predicted octanol–water partition coefficient (Wildman–Crippen LogP) is 3.46. The fourth-order valence-corrected chi connectivity index (χ4v) is 5.75. The number of imide groups is 1. The first kappa shape index (κ1) is 21.8. The normalized spacial score (nSPS) is 14.4. The van der Waals surface area contributed by atoms with E-state index in [1.165, 1.54) is 29.3 Å². The summed E-state index contributed by atoms with van der Waals surface area (Å²) < 4.78 is 1.73. The van der Waals surface area contributed by atoms with E-state index in [-0.39, 0.29) is 5.56 Å². The lowest BCUT2D eigenvalue weighted by Crippen LogP contribution is -2.41. The van der Waals surface area contributed by atoms with E-state index >= 15 is 0 Å². The van der Waals surface area contributed by atoms with E-state index in [1.807, 2.05) is 0 Å². The van der Waals surface area contributed by atoms with Gasteiger partial charge in [0.1, 0.15) is 4.83 Å². The highest BCUT2D eigenvalue weighted by molar-refractivity contribution is 8.00. The molecule has 2 N–H and O–H groups in total. The molecule has 0 aromatic carbocycles. The monoisotopic (exact) mass is 436 g/mol. The average Bonchev–Trinajstić information content (AvgIpc) is 3.08. The van der Waals surface area contributed by atoms with Crippen LogP contribution in [0.25, 0.3) is 10.2 Å². The Morgan fingerprint density at radius 2 is 2.03 bits per heavy atom. The van der Waals surface area contributed by atoms with Crippen LogP contribution in [0.3, 0.4) is 0 Å². The van der Waals surface area contributed by atoms with E-state index in [0.29, 0.717) is 11.7 Å². The van der Waals surface area contributed by atoms with Crippen molar-refractivity contribution >= 4 is 45.3 Å². The zero-order valence-corrected chi connectivity index (χ0v) is 18.8. The van der Waals surface area contributed by atoms with Gasteiger partial charge in [-0.3, -0.25) is 19.5 Å². The molecule has 3 rings (SSSR count). The van der Waals surface area contributed by atoms with Crippen LogP contribution in [0.4, 0.5) is 4.79 Å². The van der Waals surface area contributed by atoms with Crippen molar-refractivity contribution < 1.29 is 9.59 Å². The first-order valence-corrected chi connectivity index (χ1v) is 11.9. The van der Waals surface area contributed by atoms with Crippen molar-refractivity contribution in [1.29, 1.82) is 0 Å². The van der Waals surface area contributed by atoms with Crippen molar-refractivity contribution in [2.75, 3.05) is 7.05 Å². The number of thioether (sulfide) groups is 1. The van der Waals surface area contributed by atoms with Crippen LogP contribution >= 0.6 is 23.1 Å². The number of thiophene rings is 1. The lowest BCUT2D eigenvalue weighted by Gasteiger charge is -2.16. The van der Waals surface area contributed by atoms with Crippen molar-refractivity contribution in [2.45, 2.75) is 75.7 Å². The Bertz CT molecular complexity index is 967. The van der Waals surface area contributed by atoms with E-state index in [9.17, 15) is 14.4 Å². The Labute approximate surface area is 178 Å². The van der Waals surface area contributed by atoms with Gasteiger partial charge >= 0.3 is 6.03 Å². The van der Waals surface area contributed by atoms with Crippen molar-refractivity contribution in [3.63, 3.8) is 0 Å². The van der Waals surface area contributed by atoms with Crippen LogP contribution in [0.5, 0.6) is 0 Å². The number of carbonyl (C=O) groups excluding carboxylic acids is 2. The molecule has 0 aliphatic heterocycles. The number of urea groups is 1. The van der Waals surface area contributed by atoms with Crippen LogP contribution in [-0.4, -0.2) is 33.8 Å². The second kappa shape index (κ2) is 9.75. The lowest BCUT2D eigenvalue weighted by molar-refractivity contribution is -0.119. The third-order valence-electron chi connectivity index (χ3n) is 5.14. The van der Waals surface area contributed by atoms with Crippen molar-refractivity contribution in [3.05, 3.63) is 20.8 Å². The number of amides is 3. The van der Waals surface area contributed by atoms with Crippen LogP contribution < -0.4 is 16.2 Å². The zero-order chi connectivity index (χ0) is 21.0. The molecule has 7 nitrogen and oxygen atoms in total. The van der Waals surface area contributed by atoms with Gasteiger partial charge in [-0.2, -0.15) is 0 Å². The van der Waals surface area contributed by atoms with Crippen LogP contribution in [0, 0.1) is 0 Å². The molecule has 1 atom stereocenters. The maximum atomic E-state index is 13.4. The standard InChI is InChI=1S/C20H28N4O3S2/c1-4-5-8-11-24-18(26)15-13-9-6-7-10-14(13)29-17(15)23-20(24)28-12(2)16(25)22-19(27)21-3/h12H,4-11H2,1-3H3,(H2,21,22,25,27). The van der Waals surface area contributed by atoms with Gasteiger partial charge in [-0.15, -0.1) is 11.3 Å². The van der Waals surface area contributed by atoms with Gasteiger partial charge in [0.25, 0.3) is 5.56 Å². The summed E-state index contributed by atoms with van der Waals surface area (Å²) in [5, 5.41) is 5.43. The smallest absolute Gasteiger partial charge is 0.321 e. The fraction of sp³-hybridized carbons (Fsp3) is 0.600. The highest BCUT2D eigenvalue weighted by Gasteiger charge is 2.24. The second-order valence-corrected chi connectivity index (χ2v) is 9.67. The highest BCUT2D eigenvalue weighted by atomic mass is 32.2. The minimum absolute atomic E-state index is 0.00640. The quantitative estimate of drug-likeness (QED) is 0.394. The van der Waals surface area contributed by atoms with Gasteiger partial charge in [0.05, 0.1) is 10.6 Å². The van der Waals surface area contributed by atoms with Gasteiger partial charge < -0.3 is 5.32 Å². The third kappa shape index (κ3) is 4.83. The van der Waals surface area contributed by atoms with Gasteiger partial charge in [0, 0.05) is 18.5 Å². The Morgan fingerprint density at radius 1 is 1.28 bits per heavy atom. The third-order valence-corrected chi connectivity index (χ3v) is 7.42. The van der Waals surface area contributed by atoms with Crippen molar-refractivity contribution in [2.24, 2.45) is 0 Å². The summed E-state index contributed by atoms with van der Waals surface area (Å²) in [7, 11) is 1.46. The molecular weight excluding hydrogens is 408 g/mol. The second-order valence-electron chi connectivity index (χ2n) is 7.28. The molecular formula is C20H28N4O3S2. The number of aryl methyl sites for hydroxylation is 2. The number of aromatic nitrogens is 2. The Hall–Kier alpha value is -1.87. The predicted molar refractivity (Wildman–Crippen MR) is 118 cm³/mol. The maximum Gasteiger partial charge on any atom is 0.321 e. The number of fused-ring (bicyclic) bond motifs is 3. The molecule has 2 heterocycles. The van der Waals surface area contributed by atoms with Gasteiger partial charge in [-0.05, 0) is 44.6 Å². The summed E-state index contributed by atoms with van der Waals surface area (Å²) in [6.45, 7) is 4.43. The highest BCUT2D eigenvalue weighted by Crippen LogP contribution is 2.35. The number of rotatable bonds is 7. The molecule has 9 heteroatoms. The van der Waals surface area contributed by atoms with Crippen LogP contribution in [0.1, 0.15) is 56.4 Å². The number of nitrogens with one attached hydrogen (secondary N) is 2. The van der Waals surface area contributed by atoms with Gasteiger partial charge in [-0.1, -0.05) is 31.5 Å². The molecule has 1 aliphatic carbocycles. The van der Waals surface area contributed by atoms with Crippen LogP contribution in [0.2, 0.25) is 0 Å². The number of hydrogen-bond donors (Lipinski definition) is 2. The number of nitrogens with zero attached hydrogens (tertiary/aromatic N) is 2. The molecule has 0 radical (unpaired) electrons. The molecule has 158 valence electrons. The topological polar surface area (TPSA) is 93.1 Å². The molecule has 0 saturated carbocycles. The zero-order valence-electron chi connectivity index (χ0n) is 17.2. The molecule has 0 saturated heterocycles. The molecule has 0 spiro atoms. The van der Waals surface area contributed by atoms with Gasteiger partial charge in [-0.25, -0.2) is 9.78 Å². The van der Waals surface area contributed by atoms with Gasteiger partial charge in [0.2, 0.25) is 5.91 Å². The first-order valence-electron chi connectivity index (χ1n) is 10.2. The van der Waals surface area contributed by atoms with Crippen LogP contribution in [-0.2, 0) is 24.2 Å². The van der Waals surface area contributed by atoms with E-state index in [1.54, 1.807) is 22.8 Å². The maximum absolute atomic E-state index is 13.4. The van der Waals surface area contributed by atoms with Crippen LogP contribution in [0.15, 0.2) is 9.95 Å². The number of carbonyl (C=O) groups is 2. The molecule has 3 amide bonds. The summed E-state index contributed by atoms with van der Waals surface area (Å²) in [5.41, 5.74) is 1.19. The summed E-state index contributed by atoms with van der Waals surface area (Å²) in [5.74, 6) is -0.408. The molecule has 2 aromatic heterocycles. The Kier molecular flexibility index (Phi) is 7.34. The summed E-state index contributed by atoms with van der Waals surface area (Å²) in [4.78, 5) is 44.0. The minimum atomic E-state index is -0.552. The van der Waals surface area contributed by atoms with E-state index in [0.717, 1.165) is 55.2 Å². The molecule has 29 heavy (non-hydrogen) atoms. The average molecular weight is 437 g/mol. The number of unbranched alkanes of at least 4 members (excludes halogenated alkanes) is 2. The van der Waals surface area contributed by atoms with Crippen molar-refractivity contribution in [1.82, 2.24) is 20.2 Å². The number of hydrogen-bond acceptors (Lipinski definition) is 6. The molecule has 1 aliphatic rings. The Balaban J connectivity index is 1.97. The Morgan fingerprint density at radius 3 is 2.76 bits per heavy atom. The molecule has 0 bridgehead atoms. The largest absolute Gasteiger partial charge is 0.341 e. The minimum Gasteiger partial charge on any atom is -0.341 e. The summed E-state index contributed by atoms with van der Waals surface area (Å²) >= 11 is 2.84. The molecule has 0 fully saturated rings. The van der Waals surface area contributed by atoms with Gasteiger partial charge in [0.15, 0.2) is 5.16 Å². The first-order chi connectivity index (χ1) is 14.0. The summed E-state index contributed by atoms with van der Waals surface area (Å²) in [6.07, 6.45) is 7.21. The fourth-order valence-electron chi connectivity index (χ4n) is 3.51. The molecule has 1 unspecified atom stereocenters. The van der Waals surface area contributed by atoms with Crippen molar-refractivity contribution in [3.8, 4) is 0 Å². The SMILES string of the molecule is CCCCCn1c(SC(C)C(=O)NC(=O)NC)nc2sc3c(c2c1=O)CCCC3. The summed E-state index contributed by atoms with van der Waals surface area (Å²) in [6, 6.07) is -0.544.